The molecule has 2 saturated heterocycles. The second kappa shape index (κ2) is 7.52. The fourth-order valence-electron chi connectivity index (χ4n) is 6.04. The van der Waals surface area contributed by atoms with Gasteiger partial charge in [-0.05, 0) is 62.6 Å². The Kier molecular flexibility index (Phi) is 5.19. The third kappa shape index (κ3) is 3.98. The second-order valence-corrected chi connectivity index (χ2v) is 10.5. The van der Waals surface area contributed by atoms with Gasteiger partial charge < -0.3 is 15.1 Å². The quantitative estimate of drug-likeness (QED) is 0.713. The molecular formula is C24H29F3N2O4. The van der Waals surface area contributed by atoms with Crippen LogP contribution in [0.5, 0.6) is 0 Å². The first-order valence-electron chi connectivity index (χ1n) is 11.6. The molecule has 1 amide bonds. The molecule has 2 saturated carbocycles. The standard InChI is InChI=1S/C24H29F3N2O4/c25-24(26,27)19(31)16-1-3-17(4-2-16)29-12-11-21(20(29)32)5-9-23(33,10-6-21)15-28-14-18(30)13-22(28)7-8-22/h1-4,19,31,33H,5-15H2/t19-,21?,23?/m1/s1. The molecule has 2 N–H and O–H groups in total. The lowest BCUT2D eigenvalue weighted by Crippen LogP contribution is -2.51. The van der Waals surface area contributed by atoms with Gasteiger partial charge in [0.15, 0.2) is 6.10 Å². The van der Waals surface area contributed by atoms with Gasteiger partial charge in [0.2, 0.25) is 5.91 Å². The maximum absolute atomic E-state index is 13.3. The second-order valence-electron chi connectivity index (χ2n) is 10.5. The van der Waals surface area contributed by atoms with E-state index in [-0.39, 0.29) is 22.8 Å². The van der Waals surface area contributed by atoms with Crippen LogP contribution in [-0.2, 0) is 9.59 Å². The van der Waals surface area contributed by atoms with Crippen LogP contribution < -0.4 is 4.90 Å². The number of aliphatic hydroxyl groups excluding tert-OH is 1. The highest BCUT2D eigenvalue weighted by Gasteiger charge is 2.57. The molecule has 0 radical (unpaired) electrons. The van der Waals surface area contributed by atoms with Gasteiger partial charge in [-0.15, -0.1) is 0 Å². The number of Topliss-reactive ketones (excluding diaryl/α,β-unsaturated/α-hetero) is 1. The average molecular weight is 467 g/mol. The van der Waals surface area contributed by atoms with E-state index in [1.807, 2.05) is 0 Å². The van der Waals surface area contributed by atoms with Gasteiger partial charge in [0.05, 0.1) is 17.6 Å². The summed E-state index contributed by atoms with van der Waals surface area (Å²) in [7, 11) is 0. The van der Waals surface area contributed by atoms with Gasteiger partial charge in [0.1, 0.15) is 5.78 Å². The lowest BCUT2D eigenvalue weighted by Gasteiger charge is -2.43. The van der Waals surface area contributed by atoms with Gasteiger partial charge in [0, 0.05) is 30.7 Å². The molecule has 2 aliphatic heterocycles. The van der Waals surface area contributed by atoms with Gasteiger partial charge in [-0.3, -0.25) is 14.5 Å². The van der Waals surface area contributed by atoms with E-state index in [0.717, 1.165) is 12.8 Å². The van der Waals surface area contributed by atoms with Crippen LogP contribution >= 0.6 is 0 Å². The molecule has 4 aliphatic rings. The summed E-state index contributed by atoms with van der Waals surface area (Å²) in [5.41, 5.74) is -1.25. The Balaban J connectivity index is 1.23. The molecule has 6 nitrogen and oxygen atoms in total. The topological polar surface area (TPSA) is 81.1 Å². The van der Waals surface area contributed by atoms with Crippen molar-refractivity contribution in [1.29, 1.82) is 0 Å². The fourth-order valence-corrected chi connectivity index (χ4v) is 6.04. The van der Waals surface area contributed by atoms with Crippen molar-refractivity contribution >= 4 is 17.4 Å². The molecule has 2 spiro atoms. The molecule has 5 rings (SSSR count). The van der Waals surface area contributed by atoms with Gasteiger partial charge in [-0.25, -0.2) is 0 Å². The highest BCUT2D eigenvalue weighted by molar-refractivity contribution is 6.00. The minimum absolute atomic E-state index is 0.0339. The number of carbonyl (C=O) groups excluding carboxylic acids is 2. The Morgan fingerprint density at radius 1 is 0.970 bits per heavy atom. The molecule has 0 aromatic heterocycles. The van der Waals surface area contributed by atoms with Gasteiger partial charge >= 0.3 is 6.18 Å². The number of benzene rings is 1. The molecule has 2 heterocycles. The summed E-state index contributed by atoms with van der Waals surface area (Å²) < 4.78 is 38.2. The van der Waals surface area contributed by atoms with Gasteiger partial charge in [0.25, 0.3) is 0 Å². The lowest BCUT2D eigenvalue weighted by atomic mass is 9.67. The van der Waals surface area contributed by atoms with E-state index >= 15 is 0 Å². The number of alkyl halides is 3. The number of ketones is 1. The molecule has 1 aromatic carbocycles. The molecule has 0 bridgehead atoms. The zero-order valence-corrected chi connectivity index (χ0v) is 18.4. The normalized spacial score (nSPS) is 32.8. The number of rotatable bonds is 4. The van der Waals surface area contributed by atoms with Crippen LogP contribution in [-0.4, -0.2) is 63.8 Å². The highest BCUT2D eigenvalue weighted by Crippen LogP contribution is 2.52. The summed E-state index contributed by atoms with van der Waals surface area (Å²) in [5.74, 6) is 0.183. The van der Waals surface area contributed by atoms with Crippen LogP contribution in [0, 0.1) is 5.41 Å². The number of halogens is 3. The molecule has 1 atom stereocenters. The Labute approximate surface area is 190 Å². The van der Waals surface area contributed by atoms with Crippen molar-refractivity contribution in [3.05, 3.63) is 29.8 Å². The molecule has 2 aliphatic carbocycles. The smallest absolute Gasteiger partial charge is 0.389 e. The monoisotopic (exact) mass is 466 g/mol. The van der Waals surface area contributed by atoms with Crippen molar-refractivity contribution in [2.24, 2.45) is 5.41 Å². The van der Waals surface area contributed by atoms with E-state index in [1.54, 1.807) is 4.90 Å². The van der Waals surface area contributed by atoms with Crippen molar-refractivity contribution in [3.8, 4) is 0 Å². The number of amides is 1. The van der Waals surface area contributed by atoms with Crippen molar-refractivity contribution < 1.29 is 33.0 Å². The fraction of sp³-hybridized carbons (Fsp3) is 0.667. The molecule has 1 aromatic rings. The van der Waals surface area contributed by atoms with E-state index in [1.165, 1.54) is 24.3 Å². The van der Waals surface area contributed by atoms with Crippen LogP contribution in [0.1, 0.15) is 63.0 Å². The van der Waals surface area contributed by atoms with Crippen LogP contribution in [0.2, 0.25) is 0 Å². The van der Waals surface area contributed by atoms with Crippen LogP contribution in [0.3, 0.4) is 0 Å². The zero-order chi connectivity index (χ0) is 23.6. The zero-order valence-electron chi connectivity index (χ0n) is 18.4. The summed E-state index contributed by atoms with van der Waals surface area (Å²) >= 11 is 0. The Morgan fingerprint density at radius 3 is 2.18 bits per heavy atom. The minimum atomic E-state index is -4.74. The maximum Gasteiger partial charge on any atom is 0.418 e. The Bertz CT molecular complexity index is 949. The van der Waals surface area contributed by atoms with E-state index in [2.05, 4.69) is 4.90 Å². The van der Waals surface area contributed by atoms with Crippen LogP contribution in [0.4, 0.5) is 18.9 Å². The summed E-state index contributed by atoms with van der Waals surface area (Å²) in [6.45, 7) is 1.34. The van der Waals surface area contributed by atoms with E-state index in [0.29, 0.717) is 63.8 Å². The summed E-state index contributed by atoms with van der Waals surface area (Å²) in [6.07, 6.45) is -1.97. The Hall–Kier alpha value is -1.97. The van der Waals surface area contributed by atoms with E-state index < -0.39 is 23.3 Å². The first kappa shape index (κ1) is 22.8. The SMILES string of the molecule is O=C1CN(CC2(O)CCC3(CCN(c4ccc([C@@H](O)C(F)(F)F)cc4)C3=O)CC2)C2(CC2)C1. The number of aliphatic hydroxyl groups is 2. The summed E-state index contributed by atoms with van der Waals surface area (Å²) in [5, 5.41) is 20.7. The third-order valence-electron chi connectivity index (χ3n) is 8.36. The first-order valence-corrected chi connectivity index (χ1v) is 11.6. The number of hydrogen-bond acceptors (Lipinski definition) is 5. The Morgan fingerprint density at radius 2 is 1.61 bits per heavy atom. The molecule has 33 heavy (non-hydrogen) atoms. The first-order chi connectivity index (χ1) is 15.5. The predicted molar refractivity (Wildman–Crippen MR) is 113 cm³/mol. The molecular weight excluding hydrogens is 437 g/mol. The number of anilines is 1. The predicted octanol–water partition coefficient (Wildman–Crippen LogP) is 3.12. The summed E-state index contributed by atoms with van der Waals surface area (Å²) in [4.78, 5) is 29.0. The third-order valence-corrected chi connectivity index (χ3v) is 8.36. The number of nitrogens with zero attached hydrogens (tertiary/aromatic N) is 2. The number of carbonyl (C=O) groups is 2. The number of β-amino-alcohol motifs (C(OH)–C–C–N with tert-alkyl or cyclic N) is 1. The maximum atomic E-state index is 13.3. The van der Waals surface area contributed by atoms with E-state index in [4.69, 9.17) is 0 Å². The van der Waals surface area contributed by atoms with Crippen LogP contribution in [0.25, 0.3) is 0 Å². The molecule has 9 heteroatoms. The number of likely N-dealkylation sites (tertiary alicyclic amines) is 1. The number of hydrogen-bond donors (Lipinski definition) is 2. The van der Waals surface area contributed by atoms with Crippen molar-refractivity contribution in [3.63, 3.8) is 0 Å². The van der Waals surface area contributed by atoms with E-state index in [9.17, 15) is 33.0 Å². The minimum Gasteiger partial charge on any atom is -0.389 e. The van der Waals surface area contributed by atoms with Crippen LogP contribution in [0.15, 0.2) is 24.3 Å². The average Bonchev–Trinajstić information content (AvgIpc) is 3.38. The van der Waals surface area contributed by atoms with Gasteiger partial charge in [-0.2, -0.15) is 13.2 Å². The molecule has 0 unspecified atom stereocenters. The molecule has 180 valence electrons. The largest absolute Gasteiger partial charge is 0.418 e. The van der Waals surface area contributed by atoms with Crippen molar-refractivity contribution in [2.45, 2.75) is 74.8 Å². The van der Waals surface area contributed by atoms with Crippen molar-refractivity contribution in [1.82, 2.24) is 4.90 Å². The lowest BCUT2D eigenvalue weighted by molar-refractivity contribution is -0.206. The van der Waals surface area contributed by atoms with Crippen molar-refractivity contribution in [2.75, 3.05) is 24.5 Å². The van der Waals surface area contributed by atoms with Gasteiger partial charge in [-0.1, -0.05) is 12.1 Å². The highest BCUT2D eigenvalue weighted by atomic mass is 19.4. The molecule has 4 fully saturated rings. The summed E-state index contributed by atoms with van der Waals surface area (Å²) in [6, 6.07) is 5.30.